The van der Waals surface area contributed by atoms with Crippen LogP contribution < -0.4 is 11.1 Å². The zero-order chi connectivity index (χ0) is 12.9. The molecule has 1 rings (SSSR count). The van der Waals surface area contributed by atoms with Crippen LogP contribution in [0.25, 0.3) is 0 Å². The number of nitrogens with one attached hydrogen (secondary N) is 1. The number of amides is 1. The predicted octanol–water partition coefficient (Wildman–Crippen LogP) is -0.682. The number of hydrogen-bond donors (Lipinski definition) is 2. The van der Waals surface area contributed by atoms with Crippen molar-refractivity contribution in [1.82, 2.24) is 9.97 Å². The van der Waals surface area contributed by atoms with Crippen molar-refractivity contribution in [3.05, 3.63) is 24.4 Å². The molecule has 7 nitrogen and oxygen atoms in total. The van der Waals surface area contributed by atoms with E-state index in [1.807, 2.05) is 0 Å². The Kier molecular flexibility index (Phi) is 4.38. The summed E-state index contributed by atoms with van der Waals surface area (Å²) in [5.74, 6) is -0.451. The van der Waals surface area contributed by atoms with Gasteiger partial charge in [0.05, 0.1) is 0 Å². The van der Waals surface area contributed by atoms with E-state index in [4.69, 9.17) is 5.73 Å². The van der Waals surface area contributed by atoms with E-state index in [1.165, 1.54) is 12.4 Å². The highest BCUT2D eigenvalue weighted by Gasteiger charge is 2.04. The van der Waals surface area contributed by atoms with Crippen LogP contribution in [0.5, 0.6) is 0 Å². The summed E-state index contributed by atoms with van der Waals surface area (Å²) in [7, 11) is -3.11. The van der Waals surface area contributed by atoms with Gasteiger partial charge in [-0.1, -0.05) is 0 Å². The highest BCUT2D eigenvalue weighted by Crippen LogP contribution is 2.04. The van der Waals surface area contributed by atoms with Crippen molar-refractivity contribution in [3.8, 4) is 0 Å². The highest BCUT2D eigenvalue weighted by molar-refractivity contribution is 7.90. The number of aromatic nitrogens is 2. The molecule has 0 unspecified atom stereocenters. The molecule has 1 aromatic rings. The molecule has 93 valence electrons. The number of hydrogen-bond acceptors (Lipinski definition) is 6. The Morgan fingerprint density at radius 2 is 2.06 bits per heavy atom. The van der Waals surface area contributed by atoms with Crippen molar-refractivity contribution < 1.29 is 13.2 Å². The third-order valence-corrected chi connectivity index (χ3v) is 2.37. The van der Waals surface area contributed by atoms with E-state index in [2.05, 4.69) is 15.3 Å². The Bertz CT molecular complexity index is 483. The van der Waals surface area contributed by atoms with E-state index < -0.39 is 15.7 Å². The van der Waals surface area contributed by atoms with Gasteiger partial charge in [-0.2, -0.15) is 0 Å². The van der Waals surface area contributed by atoms with E-state index in [9.17, 15) is 13.2 Å². The van der Waals surface area contributed by atoms with Crippen LogP contribution in [0.4, 0.5) is 5.95 Å². The van der Waals surface area contributed by atoms with Crippen molar-refractivity contribution in [3.63, 3.8) is 0 Å². The number of sulfone groups is 1. The Hall–Kier alpha value is -1.70. The number of primary amides is 1. The van der Waals surface area contributed by atoms with Gasteiger partial charge in [-0.3, -0.25) is 4.79 Å². The van der Waals surface area contributed by atoms with Crippen LogP contribution >= 0.6 is 0 Å². The molecule has 0 aliphatic rings. The largest absolute Gasteiger partial charge is 0.370 e. The highest BCUT2D eigenvalue weighted by atomic mass is 32.2. The van der Waals surface area contributed by atoms with Crippen molar-refractivity contribution >= 4 is 21.7 Å². The summed E-state index contributed by atoms with van der Waals surface area (Å²) in [6.45, 7) is 0. The monoisotopic (exact) mass is 257 g/mol. The number of rotatable bonds is 6. The number of nitrogens with two attached hydrogens (primary N) is 1. The molecular weight excluding hydrogens is 244 g/mol. The van der Waals surface area contributed by atoms with Crippen LogP contribution in [0.3, 0.4) is 0 Å². The minimum absolute atomic E-state index is 0.111. The Labute approximate surface area is 99.4 Å². The second-order valence-corrected chi connectivity index (χ2v) is 5.60. The lowest BCUT2D eigenvalue weighted by molar-refractivity contribution is -0.117. The maximum atomic E-state index is 10.9. The molecule has 1 aromatic heterocycles. The van der Waals surface area contributed by atoms with Crippen LogP contribution in [0.2, 0.25) is 0 Å². The molecular formula is C9H13N4O3S. The van der Waals surface area contributed by atoms with Gasteiger partial charge in [0.15, 0.2) is 9.84 Å². The quantitative estimate of drug-likeness (QED) is 0.697. The molecule has 1 amide bonds. The van der Waals surface area contributed by atoms with Gasteiger partial charge in [0.2, 0.25) is 11.9 Å². The van der Waals surface area contributed by atoms with Gasteiger partial charge in [-0.25, -0.2) is 18.4 Å². The minimum atomic E-state index is -3.11. The van der Waals surface area contributed by atoms with Crippen LogP contribution in [-0.4, -0.2) is 36.4 Å². The van der Waals surface area contributed by atoms with E-state index in [0.717, 1.165) is 6.26 Å². The van der Waals surface area contributed by atoms with Crippen molar-refractivity contribution in [1.29, 1.82) is 0 Å². The van der Waals surface area contributed by atoms with Crippen LogP contribution in [-0.2, 0) is 14.6 Å². The van der Waals surface area contributed by atoms with Crippen LogP contribution in [0, 0.1) is 6.42 Å². The molecule has 0 spiro atoms. The number of anilines is 1. The smallest absolute Gasteiger partial charge is 0.223 e. The molecule has 0 aliphatic carbocycles. The fraction of sp³-hybridized carbons (Fsp3) is 0.333. The van der Waals surface area contributed by atoms with Crippen molar-refractivity contribution in [2.75, 3.05) is 17.4 Å². The maximum Gasteiger partial charge on any atom is 0.223 e. The van der Waals surface area contributed by atoms with E-state index >= 15 is 0 Å². The zero-order valence-corrected chi connectivity index (χ0v) is 10.1. The summed E-state index contributed by atoms with van der Waals surface area (Å²) in [5, 5.41) is 2.56. The third kappa shape index (κ3) is 5.81. The summed E-state index contributed by atoms with van der Waals surface area (Å²) in [6.07, 6.45) is 5.75. The van der Waals surface area contributed by atoms with E-state index in [1.54, 1.807) is 6.42 Å². The topological polar surface area (TPSA) is 115 Å². The van der Waals surface area contributed by atoms with Crippen LogP contribution in [0.15, 0.2) is 12.4 Å². The third-order valence-electron chi connectivity index (χ3n) is 1.70. The lowest BCUT2D eigenvalue weighted by Crippen LogP contribution is -2.14. The summed E-state index contributed by atoms with van der Waals surface area (Å²) < 4.78 is 21.7. The van der Waals surface area contributed by atoms with E-state index in [0.29, 0.717) is 5.56 Å². The lowest BCUT2D eigenvalue weighted by atomic mass is 10.2. The van der Waals surface area contributed by atoms with Crippen molar-refractivity contribution in [2.45, 2.75) is 6.42 Å². The zero-order valence-electron chi connectivity index (χ0n) is 9.25. The summed E-state index contributed by atoms with van der Waals surface area (Å²) in [5.41, 5.74) is 5.62. The molecule has 0 aliphatic heterocycles. The number of nitrogens with zero attached hydrogens (tertiary/aromatic N) is 2. The van der Waals surface area contributed by atoms with Gasteiger partial charge in [-0.15, -0.1) is 0 Å². The van der Waals surface area contributed by atoms with Gasteiger partial charge in [-0.05, 0) is 5.56 Å². The molecule has 0 aromatic carbocycles. The Morgan fingerprint density at radius 1 is 1.47 bits per heavy atom. The van der Waals surface area contributed by atoms with E-state index in [-0.39, 0.29) is 18.2 Å². The molecule has 0 saturated carbocycles. The molecule has 0 bridgehead atoms. The normalized spacial score (nSPS) is 11.1. The maximum absolute atomic E-state index is 10.9. The average molecular weight is 257 g/mol. The van der Waals surface area contributed by atoms with Gasteiger partial charge < -0.3 is 11.1 Å². The first-order valence-corrected chi connectivity index (χ1v) is 6.78. The molecule has 17 heavy (non-hydrogen) atoms. The minimum Gasteiger partial charge on any atom is -0.370 e. The first-order valence-electron chi connectivity index (χ1n) is 4.72. The van der Waals surface area contributed by atoms with Gasteiger partial charge >= 0.3 is 0 Å². The lowest BCUT2D eigenvalue weighted by Gasteiger charge is -2.03. The Morgan fingerprint density at radius 3 is 2.53 bits per heavy atom. The predicted molar refractivity (Wildman–Crippen MR) is 62.6 cm³/mol. The van der Waals surface area contributed by atoms with Crippen LogP contribution in [0.1, 0.15) is 12.0 Å². The molecule has 0 saturated heterocycles. The van der Waals surface area contributed by atoms with Gasteiger partial charge in [0.25, 0.3) is 0 Å². The molecule has 0 atom stereocenters. The van der Waals surface area contributed by atoms with Gasteiger partial charge in [0.1, 0.15) is 5.88 Å². The molecule has 1 heterocycles. The molecule has 1 radical (unpaired) electrons. The number of carbonyl (C=O) groups is 1. The first kappa shape index (κ1) is 13.4. The summed E-state index contributed by atoms with van der Waals surface area (Å²) in [4.78, 5) is 18.3. The van der Waals surface area contributed by atoms with Gasteiger partial charge in [0, 0.05) is 31.5 Å². The Balaban J connectivity index is 2.53. The standard InChI is InChI=1S/C9H13N4O3S/c1-17(15,16)6-13-9-11-4-7(5-12-9)2-3-8(10)14/h2,4-5H,3,6H2,1H3,(H2,10,14)(H,11,12,13). The number of carbonyl (C=O) groups excluding carboxylic acids is 1. The fourth-order valence-corrected chi connectivity index (χ4v) is 1.34. The SMILES string of the molecule is CS(=O)(=O)CNc1ncc([CH]CC(N)=O)cn1. The first-order chi connectivity index (χ1) is 7.87. The van der Waals surface area contributed by atoms with Crippen molar-refractivity contribution in [2.24, 2.45) is 5.73 Å². The summed E-state index contributed by atoms with van der Waals surface area (Å²) in [6, 6.07) is 0. The molecule has 3 N–H and O–H groups in total. The fourth-order valence-electron chi connectivity index (χ4n) is 0.949. The molecule has 0 fully saturated rings. The average Bonchev–Trinajstić information content (AvgIpc) is 2.24. The summed E-state index contributed by atoms with van der Waals surface area (Å²) >= 11 is 0. The molecule has 8 heteroatoms. The second kappa shape index (κ2) is 5.58. The second-order valence-electron chi connectivity index (χ2n) is 3.46.